The normalized spacial score (nSPS) is 10.6. The zero-order valence-corrected chi connectivity index (χ0v) is 17.0. The fourth-order valence-corrected chi connectivity index (χ4v) is 3.56. The van der Waals surface area contributed by atoms with Gasteiger partial charge in [0, 0.05) is 17.0 Å². The summed E-state index contributed by atoms with van der Waals surface area (Å²) in [5.74, 6) is -0.137. The number of rotatable bonds is 5. The lowest BCUT2D eigenvalue weighted by Crippen LogP contribution is -2.16. The minimum Gasteiger partial charge on any atom is -0.494 e. The number of fused-ring (bicyclic) bond motifs is 1. The second-order valence-corrected chi connectivity index (χ2v) is 6.94. The third-order valence-electron chi connectivity index (χ3n) is 5.05. The molecule has 0 saturated carbocycles. The number of aromatic nitrogens is 1. The zero-order valence-electron chi connectivity index (χ0n) is 17.0. The number of carbonyl (C=O) groups excluding carboxylic acids is 1. The van der Waals surface area contributed by atoms with E-state index in [0.29, 0.717) is 16.8 Å². The summed E-state index contributed by atoms with van der Waals surface area (Å²) >= 11 is 0. The molecule has 0 spiro atoms. The molecule has 0 saturated heterocycles. The molecule has 0 bridgehead atoms. The molecule has 0 aliphatic carbocycles. The number of hydrogen-bond donors (Lipinski definition) is 1. The minimum absolute atomic E-state index is 0.119. The molecule has 0 radical (unpaired) electrons. The predicted molar refractivity (Wildman–Crippen MR) is 120 cm³/mol. The summed E-state index contributed by atoms with van der Waals surface area (Å²) in [5.41, 5.74) is 3.79. The molecule has 0 aliphatic heterocycles. The first kappa shape index (κ1) is 20.0. The standard InChI is InChI=1S/C24H19N3O4/c1-15-22(24(28)26-20-13-12-17(27(29)30)14-21(20)31-2)18-10-6-7-11-19(18)25-23(15)16-8-4-3-5-9-16/h3-14H,1-2H3,(H,26,28). The van der Waals surface area contributed by atoms with E-state index in [9.17, 15) is 14.9 Å². The fourth-order valence-electron chi connectivity index (χ4n) is 3.56. The van der Waals surface area contributed by atoms with Gasteiger partial charge in [0.05, 0.1) is 40.6 Å². The van der Waals surface area contributed by atoms with Gasteiger partial charge in [-0.15, -0.1) is 0 Å². The van der Waals surface area contributed by atoms with E-state index in [1.165, 1.54) is 25.3 Å². The average molecular weight is 413 g/mol. The van der Waals surface area contributed by atoms with Crippen molar-refractivity contribution in [3.05, 3.63) is 94.0 Å². The van der Waals surface area contributed by atoms with Gasteiger partial charge in [0.2, 0.25) is 0 Å². The smallest absolute Gasteiger partial charge is 0.273 e. The number of nitro groups is 1. The van der Waals surface area contributed by atoms with Crippen LogP contribution in [0.5, 0.6) is 5.75 Å². The van der Waals surface area contributed by atoms with Gasteiger partial charge in [-0.3, -0.25) is 14.9 Å². The molecule has 1 amide bonds. The summed E-state index contributed by atoms with van der Waals surface area (Å²) < 4.78 is 5.25. The molecule has 4 rings (SSSR count). The lowest BCUT2D eigenvalue weighted by atomic mass is 9.97. The molecule has 0 fully saturated rings. The molecular weight excluding hydrogens is 394 g/mol. The van der Waals surface area contributed by atoms with E-state index >= 15 is 0 Å². The van der Waals surface area contributed by atoms with Gasteiger partial charge in [-0.05, 0) is 24.6 Å². The quantitative estimate of drug-likeness (QED) is 0.350. The predicted octanol–water partition coefficient (Wildman–Crippen LogP) is 5.38. The fraction of sp³-hybridized carbons (Fsp3) is 0.0833. The lowest BCUT2D eigenvalue weighted by molar-refractivity contribution is -0.384. The Morgan fingerprint density at radius 1 is 1.03 bits per heavy atom. The molecular formula is C24H19N3O4. The van der Waals surface area contributed by atoms with Crippen LogP contribution in [0.2, 0.25) is 0 Å². The lowest BCUT2D eigenvalue weighted by Gasteiger charge is -2.16. The van der Waals surface area contributed by atoms with Crippen molar-refractivity contribution < 1.29 is 14.5 Å². The summed E-state index contributed by atoms with van der Waals surface area (Å²) in [4.78, 5) is 28.7. The molecule has 1 heterocycles. The van der Waals surface area contributed by atoms with E-state index in [-0.39, 0.29) is 17.3 Å². The number of non-ortho nitro benzene ring substituents is 1. The third-order valence-corrected chi connectivity index (χ3v) is 5.05. The van der Waals surface area contributed by atoms with Crippen molar-refractivity contribution >= 4 is 28.2 Å². The van der Waals surface area contributed by atoms with Gasteiger partial charge in [0.15, 0.2) is 0 Å². The molecule has 154 valence electrons. The van der Waals surface area contributed by atoms with E-state index < -0.39 is 4.92 Å². The Bertz CT molecular complexity index is 1300. The van der Waals surface area contributed by atoms with Crippen molar-refractivity contribution in [3.8, 4) is 17.0 Å². The largest absolute Gasteiger partial charge is 0.494 e. The van der Waals surface area contributed by atoms with Gasteiger partial charge in [-0.25, -0.2) is 4.98 Å². The molecule has 3 aromatic carbocycles. The number of ether oxygens (including phenoxy) is 1. The van der Waals surface area contributed by atoms with Crippen molar-refractivity contribution in [1.82, 2.24) is 4.98 Å². The molecule has 1 N–H and O–H groups in total. The van der Waals surface area contributed by atoms with Crippen LogP contribution < -0.4 is 10.1 Å². The number of pyridine rings is 1. The summed E-state index contributed by atoms with van der Waals surface area (Å²) in [7, 11) is 1.40. The monoisotopic (exact) mass is 413 g/mol. The van der Waals surface area contributed by atoms with Crippen LogP contribution in [0.15, 0.2) is 72.8 Å². The Morgan fingerprint density at radius 3 is 2.45 bits per heavy atom. The number of anilines is 1. The minimum atomic E-state index is -0.513. The number of nitrogens with zero attached hydrogens (tertiary/aromatic N) is 2. The molecule has 4 aromatic rings. The Labute approximate surface area is 178 Å². The number of hydrogen-bond acceptors (Lipinski definition) is 5. The molecule has 0 aliphatic rings. The SMILES string of the molecule is COc1cc([N+](=O)[O-])ccc1NC(=O)c1c(C)c(-c2ccccc2)nc2ccccc12. The summed E-state index contributed by atoms with van der Waals surface area (Å²) in [6.45, 7) is 1.86. The van der Waals surface area contributed by atoms with Gasteiger partial charge in [-0.2, -0.15) is 0 Å². The van der Waals surface area contributed by atoms with Crippen molar-refractivity contribution in [2.75, 3.05) is 12.4 Å². The first-order chi connectivity index (χ1) is 15.0. The van der Waals surface area contributed by atoms with Crippen LogP contribution in [0.25, 0.3) is 22.2 Å². The number of nitrogens with one attached hydrogen (secondary N) is 1. The van der Waals surface area contributed by atoms with E-state index in [1.807, 2.05) is 61.5 Å². The third kappa shape index (κ3) is 3.81. The first-order valence-corrected chi connectivity index (χ1v) is 9.58. The van der Waals surface area contributed by atoms with Gasteiger partial charge in [0.1, 0.15) is 5.75 Å². The van der Waals surface area contributed by atoms with Crippen LogP contribution in [0.4, 0.5) is 11.4 Å². The highest BCUT2D eigenvalue weighted by Gasteiger charge is 2.21. The maximum Gasteiger partial charge on any atom is 0.273 e. The molecule has 7 heteroatoms. The number of para-hydroxylation sites is 1. The highest BCUT2D eigenvalue weighted by Crippen LogP contribution is 2.33. The summed E-state index contributed by atoms with van der Waals surface area (Å²) in [5, 5.41) is 14.6. The second kappa shape index (κ2) is 8.23. The van der Waals surface area contributed by atoms with Gasteiger partial charge < -0.3 is 10.1 Å². The van der Waals surface area contributed by atoms with Crippen molar-refractivity contribution in [1.29, 1.82) is 0 Å². The zero-order chi connectivity index (χ0) is 22.0. The van der Waals surface area contributed by atoms with Crippen LogP contribution in [-0.4, -0.2) is 22.9 Å². The van der Waals surface area contributed by atoms with Crippen LogP contribution in [0, 0.1) is 17.0 Å². The summed E-state index contributed by atoms with van der Waals surface area (Å²) in [6.07, 6.45) is 0. The van der Waals surface area contributed by atoms with Crippen LogP contribution in [0.1, 0.15) is 15.9 Å². The van der Waals surface area contributed by atoms with E-state index in [0.717, 1.165) is 22.2 Å². The molecule has 0 atom stereocenters. The van der Waals surface area contributed by atoms with Crippen molar-refractivity contribution in [2.24, 2.45) is 0 Å². The van der Waals surface area contributed by atoms with Crippen molar-refractivity contribution in [3.63, 3.8) is 0 Å². The van der Waals surface area contributed by atoms with Gasteiger partial charge >= 0.3 is 0 Å². The second-order valence-electron chi connectivity index (χ2n) is 6.94. The Kier molecular flexibility index (Phi) is 5.32. The molecule has 7 nitrogen and oxygen atoms in total. The van der Waals surface area contributed by atoms with Crippen LogP contribution in [-0.2, 0) is 0 Å². The summed E-state index contributed by atoms with van der Waals surface area (Å²) in [6, 6.07) is 21.2. The van der Waals surface area contributed by atoms with Crippen LogP contribution in [0.3, 0.4) is 0 Å². The number of carbonyl (C=O) groups is 1. The average Bonchev–Trinajstić information content (AvgIpc) is 2.79. The topological polar surface area (TPSA) is 94.4 Å². The maximum atomic E-state index is 13.4. The Hall–Kier alpha value is -4.26. The number of nitro benzene ring substituents is 1. The number of amides is 1. The van der Waals surface area contributed by atoms with Crippen LogP contribution >= 0.6 is 0 Å². The van der Waals surface area contributed by atoms with E-state index in [1.54, 1.807) is 0 Å². The highest BCUT2D eigenvalue weighted by molar-refractivity contribution is 6.14. The Morgan fingerprint density at radius 2 is 1.74 bits per heavy atom. The molecule has 0 unspecified atom stereocenters. The van der Waals surface area contributed by atoms with Gasteiger partial charge in [0.25, 0.3) is 11.6 Å². The highest BCUT2D eigenvalue weighted by atomic mass is 16.6. The maximum absolute atomic E-state index is 13.4. The Balaban J connectivity index is 1.83. The van der Waals surface area contributed by atoms with Gasteiger partial charge in [-0.1, -0.05) is 48.5 Å². The first-order valence-electron chi connectivity index (χ1n) is 9.58. The van der Waals surface area contributed by atoms with E-state index in [2.05, 4.69) is 5.32 Å². The number of methoxy groups -OCH3 is 1. The van der Waals surface area contributed by atoms with E-state index in [4.69, 9.17) is 9.72 Å². The number of benzene rings is 3. The molecule has 1 aromatic heterocycles. The molecule has 31 heavy (non-hydrogen) atoms. The van der Waals surface area contributed by atoms with Crippen molar-refractivity contribution in [2.45, 2.75) is 6.92 Å².